The zero-order valence-corrected chi connectivity index (χ0v) is 30.0. The van der Waals surface area contributed by atoms with Gasteiger partial charge in [-0.25, -0.2) is 14.8 Å². The SMILES string of the molecule is CC1=C2C(C)(C)CC2(Cn2ncc(-c3ccc(N4CCc5cccc(C(=O)Nc6nc7ccccc7s6)c5C4)nc3C(=O)O)c2C)CC(C)C1. The number of carboxylic acids is 1. The molecule has 1 amide bonds. The van der Waals surface area contributed by atoms with Crippen molar-refractivity contribution in [1.29, 1.82) is 0 Å². The van der Waals surface area contributed by atoms with Crippen LogP contribution in [0.25, 0.3) is 21.3 Å². The maximum Gasteiger partial charge on any atom is 0.355 e. The number of hydrogen-bond acceptors (Lipinski definition) is 7. The third kappa shape index (κ3) is 5.41. The average Bonchev–Trinajstić information content (AvgIpc) is 3.64. The highest BCUT2D eigenvalue weighted by atomic mass is 32.1. The number of amides is 1. The number of anilines is 2. The average molecular weight is 687 g/mol. The van der Waals surface area contributed by atoms with Gasteiger partial charge in [-0.15, -0.1) is 0 Å². The summed E-state index contributed by atoms with van der Waals surface area (Å²) in [5, 5.41) is 18.8. The molecular weight excluding hydrogens is 645 g/mol. The van der Waals surface area contributed by atoms with Crippen LogP contribution < -0.4 is 10.2 Å². The lowest BCUT2D eigenvalue weighted by atomic mass is 9.45. The van der Waals surface area contributed by atoms with Crippen LogP contribution in [0, 0.1) is 23.7 Å². The van der Waals surface area contributed by atoms with E-state index in [2.05, 4.69) is 53.6 Å². The minimum Gasteiger partial charge on any atom is -0.476 e. The van der Waals surface area contributed by atoms with Crippen molar-refractivity contribution in [2.75, 3.05) is 16.8 Å². The number of benzene rings is 2. The largest absolute Gasteiger partial charge is 0.476 e. The van der Waals surface area contributed by atoms with Gasteiger partial charge in [0.05, 0.1) is 23.0 Å². The smallest absolute Gasteiger partial charge is 0.355 e. The number of para-hydroxylation sites is 1. The van der Waals surface area contributed by atoms with Gasteiger partial charge < -0.3 is 10.0 Å². The molecule has 2 N–H and O–H groups in total. The molecule has 1 aliphatic heterocycles. The maximum absolute atomic E-state index is 13.5. The van der Waals surface area contributed by atoms with E-state index >= 15 is 0 Å². The standard InChI is InChI=1S/C40H42N6O3S/c1-23-17-24(2)35-39(4,5)21-40(35,18-23)22-46-25(3)29(19-41-46)27-13-14-33(43-34(27)37(48)49)45-16-15-26-9-8-10-28(30(26)20-45)36(47)44-38-42-31-11-6-7-12-32(31)50-38/h6-14,19,23H,15-18,20-22H2,1-5H3,(H,48,49)(H,42,44,47). The molecule has 4 heterocycles. The van der Waals surface area contributed by atoms with E-state index < -0.39 is 5.97 Å². The first-order valence-corrected chi connectivity index (χ1v) is 18.2. The van der Waals surface area contributed by atoms with Crippen LogP contribution in [0.1, 0.15) is 84.6 Å². The second-order valence-corrected chi connectivity index (χ2v) is 16.3. The Morgan fingerprint density at radius 3 is 2.64 bits per heavy atom. The Hall–Kier alpha value is -4.83. The minimum absolute atomic E-state index is 0.00321. The van der Waals surface area contributed by atoms with Gasteiger partial charge in [0.1, 0.15) is 5.82 Å². The number of fused-ring (bicyclic) bond motifs is 3. The molecule has 8 rings (SSSR count). The molecule has 0 saturated heterocycles. The van der Waals surface area contributed by atoms with Gasteiger partial charge in [-0.3, -0.25) is 14.8 Å². The highest BCUT2D eigenvalue weighted by Gasteiger charge is 2.57. The molecule has 1 fully saturated rings. The van der Waals surface area contributed by atoms with E-state index in [0.29, 0.717) is 47.5 Å². The Bertz CT molecular complexity index is 2200. The van der Waals surface area contributed by atoms with E-state index in [0.717, 1.165) is 58.4 Å². The van der Waals surface area contributed by atoms with E-state index in [1.54, 1.807) is 11.8 Å². The number of pyridine rings is 1. The normalized spacial score (nSPS) is 21.1. The van der Waals surface area contributed by atoms with Crippen LogP contribution >= 0.6 is 11.3 Å². The Kier molecular flexibility index (Phi) is 7.71. The molecule has 50 heavy (non-hydrogen) atoms. The van der Waals surface area contributed by atoms with Gasteiger partial charge in [0.25, 0.3) is 5.91 Å². The number of thiazole rings is 1. The van der Waals surface area contributed by atoms with Crippen molar-refractivity contribution in [1.82, 2.24) is 19.7 Å². The number of carboxylic acid groups (broad SMARTS) is 1. The fraction of sp³-hybridized carbons (Fsp3) is 0.375. The fourth-order valence-electron chi connectivity index (χ4n) is 9.64. The molecule has 2 aromatic carbocycles. The van der Waals surface area contributed by atoms with Crippen LogP contribution in [0.3, 0.4) is 0 Å². The van der Waals surface area contributed by atoms with Gasteiger partial charge in [-0.05, 0) is 92.3 Å². The van der Waals surface area contributed by atoms with Gasteiger partial charge in [0.2, 0.25) is 0 Å². The van der Waals surface area contributed by atoms with Crippen molar-refractivity contribution in [3.63, 3.8) is 0 Å². The second-order valence-electron chi connectivity index (χ2n) is 15.2. The molecule has 3 aromatic heterocycles. The summed E-state index contributed by atoms with van der Waals surface area (Å²) in [4.78, 5) is 37.6. The summed E-state index contributed by atoms with van der Waals surface area (Å²) in [7, 11) is 0. The quantitative estimate of drug-likeness (QED) is 0.165. The first-order chi connectivity index (χ1) is 23.9. The number of allylic oxidation sites excluding steroid dienone is 2. The molecule has 256 valence electrons. The molecule has 0 bridgehead atoms. The van der Waals surface area contributed by atoms with E-state index in [1.165, 1.54) is 16.9 Å². The maximum atomic E-state index is 13.5. The van der Waals surface area contributed by atoms with Crippen molar-refractivity contribution in [3.05, 3.63) is 100 Å². The summed E-state index contributed by atoms with van der Waals surface area (Å²) in [6.45, 7) is 13.3. The van der Waals surface area contributed by atoms with Gasteiger partial charge in [-0.2, -0.15) is 5.10 Å². The molecule has 1 saturated carbocycles. The van der Waals surface area contributed by atoms with Crippen molar-refractivity contribution in [3.8, 4) is 11.1 Å². The predicted octanol–water partition coefficient (Wildman–Crippen LogP) is 8.54. The van der Waals surface area contributed by atoms with Gasteiger partial charge in [-0.1, -0.05) is 67.5 Å². The number of carbonyl (C=O) groups excluding carboxylic acids is 1. The zero-order valence-electron chi connectivity index (χ0n) is 29.2. The van der Waals surface area contributed by atoms with E-state index in [1.807, 2.05) is 55.5 Å². The Morgan fingerprint density at radius 2 is 1.86 bits per heavy atom. The fourth-order valence-corrected chi connectivity index (χ4v) is 10.5. The number of nitrogens with zero attached hydrogens (tertiary/aromatic N) is 5. The summed E-state index contributed by atoms with van der Waals surface area (Å²) in [6.07, 6.45) is 5.95. The number of rotatable bonds is 7. The molecule has 5 aromatic rings. The van der Waals surface area contributed by atoms with E-state index in [-0.39, 0.29) is 22.4 Å². The monoisotopic (exact) mass is 686 g/mol. The van der Waals surface area contributed by atoms with Crippen LogP contribution in [0.2, 0.25) is 0 Å². The lowest BCUT2D eigenvalue weighted by molar-refractivity contribution is 0.0294. The number of hydrogen-bond donors (Lipinski definition) is 2. The molecule has 10 heteroatoms. The highest BCUT2D eigenvalue weighted by Crippen LogP contribution is 2.66. The summed E-state index contributed by atoms with van der Waals surface area (Å²) >= 11 is 1.45. The molecular formula is C40H42N6O3S. The van der Waals surface area contributed by atoms with Crippen molar-refractivity contribution >= 4 is 44.4 Å². The molecule has 2 atom stereocenters. The van der Waals surface area contributed by atoms with Crippen molar-refractivity contribution in [2.45, 2.75) is 73.4 Å². The minimum atomic E-state index is -1.08. The summed E-state index contributed by atoms with van der Waals surface area (Å²) in [5.74, 6) is -0.0922. The first-order valence-electron chi connectivity index (χ1n) is 17.4. The first kappa shape index (κ1) is 32.4. The van der Waals surface area contributed by atoms with Crippen LogP contribution in [0.4, 0.5) is 10.9 Å². The van der Waals surface area contributed by atoms with E-state index in [9.17, 15) is 14.7 Å². The molecule has 0 spiro atoms. The molecule has 2 unspecified atom stereocenters. The number of aromatic nitrogens is 4. The highest BCUT2D eigenvalue weighted by molar-refractivity contribution is 7.22. The Labute approximate surface area is 296 Å². The topological polar surface area (TPSA) is 113 Å². The molecule has 3 aliphatic rings. The number of carbonyl (C=O) groups is 2. The summed E-state index contributed by atoms with van der Waals surface area (Å²) in [5.41, 5.74) is 9.19. The van der Waals surface area contributed by atoms with Crippen molar-refractivity contribution in [2.24, 2.45) is 16.7 Å². The van der Waals surface area contributed by atoms with Crippen LogP contribution in [-0.2, 0) is 19.5 Å². The lowest BCUT2D eigenvalue weighted by Crippen LogP contribution is -2.52. The van der Waals surface area contributed by atoms with Crippen LogP contribution in [-0.4, -0.2) is 43.3 Å². The second kappa shape index (κ2) is 11.9. The molecule has 0 radical (unpaired) electrons. The zero-order chi connectivity index (χ0) is 34.9. The van der Waals surface area contributed by atoms with E-state index in [4.69, 9.17) is 10.1 Å². The van der Waals surface area contributed by atoms with Crippen molar-refractivity contribution < 1.29 is 14.7 Å². The van der Waals surface area contributed by atoms with Gasteiger partial charge >= 0.3 is 5.97 Å². The predicted molar refractivity (Wildman–Crippen MR) is 198 cm³/mol. The van der Waals surface area contributed by atoms with Crippen LogP contribution in [0.5, 0.6) is 0 Å². The summed E-state index contributed by atoms with van der Waals surface area (Å²) < 4.78 is 3.09. The third-order valence-electron chi connectivity index (χ3n) is 11.1. The Balaban J connectivity index is 1.06. The third-order valence-corrected chi connectivity index (χ3v) is 12.0. The number of nitrogens with one attached hydrogen (secondary N) is 1. The molecule has 9 nitrogen and oxygen atoms in total. The molecule has 2 aliphatic carbocycles. The van der Waals surface area contributed by atoms with Crippen LogP contribution in [0.15, 0.2) is 71.9 Å². The van der Waals surface area contributed by atoms with Gasteiger partial charge in [0.15, 0.2) is 10.8 Å². The lowest BCUT2D eigenvalue weighted by Gasteiger charge is -2.60. The summed E-state index contributed by atoms with van der Waals surface area (Å²) in [6, 6.07) is 17.4. The Morgan fingerprint density at radius 1 is 1.04 bits per heavy atom. The van der Waals surface area contributed by atoms with Gasteiger partial charge in [0, 0.05) is 40.9 Å². The number of aromatic carboxylic acids is 1.